The van der Waals surface area contributed by atoms with Crippen LogP contribution in [0, 0.1) is 0 Å². The molecule has 2 rings (SSSR count). The van der Waals surface area contributed by atoms with Gasteiger partial charge in [0.05, 0.1) is 0 Å². The zero-order valence-electron chi connectivity index (χ0n) is 14.9. The number of nitrogens with one attached hydrogen (secondary N) is 3. The Morgan fingerprint density at radius 3 is 2.12 bits per heavy atom. The number of thiazole rings is 1. The van der Waals surface area contributed by atoms with Crippen LogP contribution in [0.3, 0.4) is 0 Å². The second kappa shape index (κ2) is 7.96. The molecule has 0 radical (unpaired) electrons. The molecule has 0 saturated carbocycles. The van der Waals surface area contributed by atoms with E-state index >= 15 is 0 Å². The Bertz CT molecular complexity index is 809. The minimum Gasteiger partial charge on any atom is -0.444 e. The van der Waals surface area contributed by atoms with Crippen LogP contribution in [-0.2, 0) is 9.53 Å². The normalized spacial score (nSPS) is 10.8. The molecular formula is C17H20N4O4S. The Kier molecular flexibility index (Phi) is 5.93. The summed E-state index contributed by atoms with van der Waals surface area (Å²) in [5.74, 6) is -0.648. The molecular weight excluding hydrogens is 356 g/mol. The number of nitrogens with zero attached hydrogens (tertiary/aromatic N) is 1. The quantitative estimate of drug-likeness (QED) is 0.754. The van der Waals surface area contributed by atoms with E-state index in [0.29, 0.717) is 16.5 Å². The van der Waals surface area contributed by atoms with E-state index in [1.54, 1.807) is 50.4 Å². The molecule has 138 valence electrons. The Hall–Kier alpha value is -2.94. The third kappa shape index (κ3) is 6.17. The van der Waals surface area contributed by atoms with Crippen molar-refractivity contribution in [3.63, 3.8) is 0 Å². The van der Waals surface area contributed by atoms with Crippen LogP contribution in [0.25, 0.3) is 0 Å². The maximum atomic E-state index is 12.2. The molecule has 1 heterocycles. The number of rotatable bonds is 4. The topological polar surface area (TPSA) is 109 Å². The number of hydrogen-bond acceptors (Lipinski definition) is 6. The lowest BCUT2D eigenvalue weighted by Gasteiger charge is -2.19. The van der Waals surface area contributed by atoms with Crippen molar-refractivity contribution in [2.45, 2.75) is 33.3 Å². The summed E-state index contributed by atoms with van der Waals surface area (Å²) in [6.45, 7) is 6.71. The van der Waals surface area contributed by atoms with Crippen molar-refractivity contribution in [2.75, 3.05) is 16.0 Å². The minimum absolute atomic E-state index is 0.203. The highest BCUT2D eigenvalue weighted by Crippen LogP contribution is 2.19. The molecule has 8 nitrogen and oxygen atoms in total. The van der Waals surface area contributed by atoms with Gasteiger partial charge in [-0.05, 0) is 45.0 Å². The van der Waals surface area contributed by atoms with E-state index in [9.17, 15) is 14.4 Å². The van der Waals surface area contributed by atoms with Crippen molar-refractivity contribution >= 4 is 45.8 Å². The van der Waals surface area contributed by atoms with E-state index < -0.39 is 17.6 Å². The first-order valence-electron chi connectivity index (χ1n) is 7.77. The van der Waals surface area contributed by atoms with E-state index in [2.05, 4.69) is 20.9 Å². The first-order valence-corrected chi connectivity index (χ1v) is 8.65. The van der Waals surface area contributed by atoms with Crippen LogP contribution in [0.2, 0.25) is 0 Å². The predicted octanol–water partition coefficient (Wildman–Crippen LogP) is 3.70. The van der Waals surface area contributed by atoms with Gasteiger partial charge >= 0.3 is 6.09 Å². The molecule has 3 amide bonds. The fraction of sp³-hybridized carbons (Fsp3) is 0.294. The van der Waals surface area contributed by atoms with E-state index in [1.807, 2.05) is 0 Å². The van der Waals surface area contributed by atoms with Gasteiger partial charge in [-0.15, -0.1) is 11.3 Å². The Morgan fingerprint density at radius 2 is 1.58 bits per heavy atom. The molecule has 9 heteroatoms. The number of amides is 3. The van der Waals surface area contributed by atoms with Gasteiger partial charge in [0.25, 0.3) is 5.91 Å². The standard InChI is InChI=1S/C17H20N4O4S/c1-10(22)18-15-21-13(9-26-15)14(23)19-11-5-7-12(8-6-11)20-16(24)25-17(2,3)4/h5-9H,1-4H3,(H,19,23)(H,20,24)(H,18,21,22). The van der Waals surface area contributed by atoms with Gasteiger partial charge in [0.2, 0.25) is 5.91 Å². The second-order valence-electron chi connectivity index (χ2n) is 6.38. The number of benzene rings is 1. The molecule has 3 N–H and O–H groups in total. The van der Waals surface area contributed by atoms with Crippen molar-refractivity contribution in [1.82, 2.24) is 4.98 Å². The summed E-state index contributed by atoms with van der Waals surface area (Å²) < 4.78 is 5.17. The number of ether oxygens (including phenoxy) is 1. The monoisotopic (exact) mass is 376 g/mol. The summed E-state index contributed by atoms with van der Waals surface area (Å²) in [6.07, 6.45) is -0.553. The number of anilines is 3. The highest BCUT2D eigenvalue weighted by molar-refractivity contribution is 7.14. The molecule has 0 unspecified atom stereocenters. The van der Waals surface area contributed by atoms with Gasteiger partial charge in [-0.1, -0.05) is 0 Å². The Morgan fingerprint density at radius 1 is 1.00 bits per heavy atom. The third-order valence-electron chi connectivity index (χ3n) is 2.81. The average molecular weight is 376 g/mol. The van der Waals surface area contributed by atoms with Gasteiger partial charge < -0.3 is 15.4 Å². The van der Waals surface area contributed by atoms with Crippen molar-refractivity contribution in [1.29, 1.82) is 0 Å². The molecule has 2 aromatic rings. The average Bonchev–Trinajstić information content (AvgIpc) is 2.95. The van der Waals surface area contributed by atoms with Gasteiger partial charge in [-0.25, -0.2) is 9.78 Å². The summed E-state index contributed by atoms with van der Waals surface area (Å²) in [6, 6.07) is 6.57. The second-order valence-corrected chi connectivity index (χ2v) is 7.24. The van der Waals surface area contributed by atoms with Crippen molar-refractivity contribution in [3.8, 4) is 0 Å². The van der Waals surface area contributed by atoms with Gasteiger partial charge in [0.15, 0.2) is 5.13 Å². The van der Waals surface area contributed by atoms with Crippen LogP contribution >= 0.6 is 11.3 Å². The fourth-order valence-electron chi connectivity index (χ4n) is 1.84. The molecule has 0 fully saturated rings. The van der Waals surface area contributed by atoms with Crippen LogP contribution in [0.4, 0.5) is 21.3 Å². The van der Waals surface area contributed by atoms with Crippen molar-refractivity contribution in [2.24, 2.45) is 0 Å². The summed E-state index contributed by atoms with van der Waals surface area (Å²) in [5, 5.41) is 9.74. The Labute approximate surface area is 155 Å². The Balaban J connectivity index is 1.94. The van der Waals surface area contributed by atoms with E-state index in [1.165, 1.54) is 18.3 Å². The zero-order valence-corrected chi connectivity index (χ0v) is 15.7. The maximum absolute atomic E-state index is 12.2. The maximum Gasteiger partial charge on any atom is 0.412 e. The van der Waals surface area contributed by atoms with Crippen molar-refractivity contribution in [3.05, 3.63) is 35.3 Å². The molecule has 26 heavy (non-hydrogen) atoms. The van der Waals surface area contributed by atoms with Crippen LogP contribution < -0.4 is 16.0 Å². The van der Waals surface area contributed by atoms with E-state index in [0.717, 1.165) is 0 Å². The lowest BCUT2D eigenvalue weighted by Crippen LogP contribution is -2.27. The van der Waals surface area contributed by atoms with Gasteiger partial charge in [0, 0.05) is 23.7 Å². The van der Waals surface area contributed by atoms with Gasteiger partial charge in [0.1, 0.15) is 11.3 Å². The third-order valence-corrected chi connectivity index (χ3v) is 3.57. The lowest BCUT2D eigenvalue weighted by atomic mass is 10.2. The highest BCUT2D eigenvalue weighted by atomic mass is 32.1. The van der Waals surface area contributed by atoms with Crippen LogP contribution in [-0.4, -0.2) is 28.5 Å². The number of hydrogen-bond donors (Lipinski definition) is 3. The lowest BCUT2D eigenvalue weighted by molar-refractivity contribution is -0.114. The molecule has 1 aromatic heterocycles. The SMILES string of the molecule is CC(=O)Nc1nc(C(=O)Nc2ccc(NC(=O)OC(C)(C)C)cc2)cs1. The van der Waals surface area contributed by atoms with Gasteiger partial charge in [-0.2, -0.15) is 0 Å². The molecule has 0 saturated heterocycles. The fourth-order valence-corrected chi connectivity index (χ4v) is 2.58. The molecule has 0 aliphatic carbocycles. The van der Waals surface area contributed by atoms with Crippen LogP contribution in [0.5, 0.6) is 0 Å². The summed E-state index contributed by atoms with van der Waals surface area (Å²) >= 11 is 1.17. The number of carbonyl (C=O) groups excluding carboxylic acids is 3. The summed E-state index contributed by atoms with van der Waals surface area (Å²) in [5.41, 5.74) is 0.703. The number of aromatic nitrogens is 1. The smallest absolute Gasteiger partial charge is 0.412 e. The number of carbonyl (C=O) groups is 3. The summed E-state index contributed by atoms with van der Waals surface area (Å²) in [7, 11) is 0. The van der Waals surface area contributed by atoms with Gasteiger partial charge in [-0.3, -0.25) is 14.9 Å². The molecule has 0 aliphatic heterocycles. The first kappa shape index (κ1) is 19.4. The van der Waals surface area contributed by atoms with E-state index in [-0.39, 0.29) is 11.6 Å². The largest absolute Gasteiger partial charge is 0.444 e. The zero-order chi connectivity index (χ0) is 19.3. The molecule has 1 aromatic carbocycles. The van der Waals surface area contributed by atoms with E-state index in [4.69, 9.17) is 4.74 Å². The molecule has 0 spiro atoms. The molecule has 0 bridgehead atoms. The van der Waals surface area contributed by atoms with Crippen molar-refractivity contribution < 1.29 is 19.1 Å². The van der Waals surface area contributed by atoms with Crippen LogP contribution in [0.1, 0.15) is 38.2 Å². The highest BCUT2D eigenvalue weighted by Gasteiger charge is 2.16. The first-order chi connectivity index (χ1) is 12.1. The minimum atomic E-state index is -0.582. The summed E-state index contributed by atoms with van der Waals surface area (Å²) in [4.78, 5) is 38.9. The predicted molar refractivity (Wildman–Crippen MR) is 101 cm³/mol. The molecule has 0 aliphatic rings. The molecule has 0 atom stereocenters. The van der Waals surface area contributed by atoms with Crippen LogP contribution in [0.15, 0.2) is 29.6 Å².